The molecule has 42 valence electrons. The molecule has 0 rings (SSSR count). The predicted octanol–water partition coefficient (Wildman–Crippen LogP) is 2.09. The van der Waals surface area contributed by atoms with Crippen LogP contribution < -0.4 is 0 Å². The van der Waals surface area contributed by atoms with E-state index in [1.54, 1.807) is 0 Å². The van der Waals surface area contributed by atoms with E-state index in [9.17, 15) is 0 Å². The van der Waals surface area contributed by atoms with E-state index in [1.165, 1.54) is 19.4 Å². The average molecular weight is 155 g/mol. The first kappa shape index (κ1) is 10.9. The van der Waals surface area contributed by atoms with E-state index in [0.29, 0.717) is 0 Å². The molecule has 0 saturated heterocycles. The van der Waals surface area contributed by atoms with Crippen LogP contribution in [0.1, 0.15) is 13.8 Å². The topological polar surface area (TPSA) is 14.1 Å². The van der Waals surface area contributed by atoms with E-state index < -0.39 is 0 Å². The minimum absolute atomic E-state index is 0.969. The summed E-state index contributed by atoms with van der Waals surface area (Å²) in [6.07, 6.45) is 0. The number of hydrogen-bond acceptors (Lipinski definition) is 0. The van der Waals surface area contributed by atoms with Gasteiger partial charge >= 0.3 is 28.7 Å². The van der Waals surface area contributed by atoms with Crippen molar-refractivity contribution in [2.45, 2.75) is 13.8 Å². The zero-order valence-electron chi connectivity index (χ0n) is 4.74. The molecule has 0 saturated carbocycles. The van der Waals surface area contributed by atoms with Crippen molar-refractivity contribution in [2.75, 3.05) is 13.1 Å². The summed E-state index contributed by atoms with van der Waals surface area (Å²) in [5.74, 6) is 0. The van der Waals surface area contributed by atoms with Gasteiger partial charge in [-0.2, -0.15) is 13.1 Å². The van der Waals surface area contributed by atoms with E-state index >= 15 is 0 Å². The van der Waals surface area contributed by atoms with Gasteiger partial charge in [-0.25, -0.2) is 0 Å². The van der Waals surface area contributed by atoms with Gasteiger partial charge in [-0.15, -0.1) is 0 Å². The predicted molar refractivity (Wildman–Crippen MR) is 30.3 cm³/mol. The molecule has 0 radical (unpaired) electrons. The molecule has 0 fully saturated rings. The number of hydrogen-bond donors (Lipinski definition) is 0. The number of nitrogens with zero attached hydrogens (tertiary/aromatic N) is 1. The van der Waals surface area contributed by atoms with Crippen molar-refractivity contribution in [3.63, 3.8) is 0 Å². The first-order valence-corrected chi connectivity index (χ1v) is 4.38. The van der Waals surface area contributed by atoms with Crippen LogP contribution in [0.4, 0.5) is 0 Å². The van der Waals surface area contributed by atoms with Crippen molar-refractivity contribution in [1.29, 1.82) is 0 Å². The van der Waals surface area contributed by atoms with E-state index in [1.807, 2.05) is 13.8 Å². The van der Waals surface area contributed by atoms with Gasteiger partial charge in [0.2, 0.25) is 0 Å². The van der Waals surface area contributed by atoms with Gasteiger partial charge in [0, 0.05) is 0 Å². The Balaban J connectivity index is 0. The second-order valence-electron chi connectivity index (χ2n) is 0.856. The summed E-state index contributed by atoms with van der Waals surface area (Å²) in [7, 11) is 4.64. The third kappa shape index (κ3) is 19.5. The molecule has 0 N–H and O–H groups in total. The zero-order valence-corrected chi connectivity index (χ0v) is 7.06. The normalized spacial score (nSPS) is 6.57. The fourth-order valence-corrected chi connectivity index (χ4v) is 0.224. The van der Waals surface area contributed by atoms with Gasteiger partial charge < -0.3 is 5.32 Å². The Hall–Kier alpha value is 0.964. The van der Waals surface area contributed by atoms with Crippen molar-refractivity contribution in [1.82, 2.24) is 0 Å². The first-order chi connectivity index (χ1) is 3.41. The maximum atomic E-state index is 4.64. The van der Waals surface area contributed by atoms with Crippen molar-refractivity contribution in [3.05, 3.63) is 5.32 Å². The molecule has 0 aliphatic heterocycles. The summed E-state index contributed by atoms with van der Waals surface area (Å²) < 4.78 is 0. The Kier molecular flexibility index (Phi) is 24.5. The Morgan fingerprint density at radius 2 is 1.57 bits per heavy atom. The molecule has 0 aliphatic rings. The summed E-state index contributed by atoms with van der Waals surface area (Å²) >= 11 is 1.47. The van der Waals surface area contributed by atoms with Crippen LogP contribution in [-0.2, 0) is 19.4 Å². The van der Waals surface area contributed by atoms with E-state index in [4.69, 9.17) is 0 Å². The number of halogens is 1. The third-order valence-electron chi connectivity index (χ3n) is 0.447. The average Bonchev–Trinajstić information content (AvgIpc) is 1.75. The Labute approximate surface area is 61.1 Å². The minimum atomic E-state index is 0.969. The zero-order chi connectivity index (χ0) is 6.12. The van der Waals surface area contributed by atoms with Gasteiger partial charge in [-0.3, -0.25) is 0 Å². The molecule has 0 aromatic rings. The first-order valence-electron chi connectivity index (χ1n) is 2.24. The van der Waals surface area contributed by atoms with E-state index in [2.05, 4.69) is 14.6 Å². The molecule has 0 aromatic heterocycles. The second-order valence-corrected chi connectivity index (χ2v) is 0.856. The van der Waals surface area contributed by atoms with Crippen molar-refractivity contribution in [3.8, 4) is 0 Å². The molecule has 0 aromatic carbocycles. The fraction of sp³-hybridized carbons (Fsp3) is 1.00. The molecule has 0 atom stereocenters. The molecule has 1 nitrogen and oxygen atoms in total. The quantitative estimate of drug-likeness (QED) is 0.542. The summed E-state index contributed by atoms with van der Waals surface area (Å²) in [6.45, 7) is 6.03. The standard InChI is InChI=1S/C4H10N.ClH.Ti/c1-3-5-4-2;;/h3-4H2,1-2H3;1H;/q-1;;+2/p-1. The number of rotatable bonds is 2. The Bertz CT molecular complexity index is 19.2. The van der Waals surface area contributed by atoms with Gasteiger partial charge in [-0.1, -0.05) is 13.8 Å². The molecule has 7 heavy (non-hydrogen) atoms. The van der Waals surface area contributed by atoms with Crippen LogP contribution in [0.5, 0.6) is 0 Å². The van der Waals surface area contributed by atoms with Crippen LogP contribution in [-0.4, -0.2) is 13.1 Å². The second kappa shape index (κ2) is 15.8. The van der Waals surface area contributed by atoms with Crippen LogP contribution in [0.2, 0.25) is 0 Å². The molecule has 3 heteroatoms. The summed E-state index contributed by atoms with van der Waals surface area (Å²) in [6, 6.07) is 0. The van der Waals surface area contributed by atoms with Crippen molar-refractivity contribution >= 4 is 9.30 Å². The Morgan fingerprint density at radius 1 is 1.29 bits per heavy atom. The third-order valence-corrected chi connectivity index (χ3v) is 0.447. The molecule has 0 heterocycles. The van der Waals surface area contributed by atoms with Gasteiger partial charge in [0.05, 0.1) is 0 Å². The summed E-state index contributed by atoms with van der Waals surface area (Å²) in [5.41, 5.74) is 0. The summed E-state index contributed by atoms with van der Waals surface area (Å²) in [4.78, 5) is 0. The van der Waals surface area contributed by atoms with Crippen LogP contribution in [0, 0.1) is 0 Å². The SMILES string of the molecule is CC[N-]CC.[Cl][Ti+]. The fourth-order valence-electron chi connectivity index (χ4n) is 0.224. The van der Waals surface area contributed by atoms with E-state index in [0.717, 1.165) is 13.1 Å². The van der Waals surface area contributed by atoms with Gasteiger partial charge in [0.15, 0.2) is 0 Å². The molecule has 0 spiro atoms. The molecular weight excluding hydrogens is 145 g/mol. The molecule has 0 bridgehead atoms. The van der Waals surface area contributed by atoms with E-state index in [-0.39, 0.29) is 0 Å². The Morgan fingerprint density at radius 3 is 1.57 bits per heavy atom. The molecule has 0 unspecified atom stereocenters. The van der Waals surface area contributed by atoms with Gasteiger partial charge in [0.25, 0.3) is 0 Å². The van der Waals surface area contributed by atoms with Crippen LogP contribution in [0.3, 0.4) is 0 Å². The molecule has 0 amide bonds. The van der Waals surface area contributed by atoms with Crippen LogP contribution in [0.25, 0.3) is 5.32 Å². The van der Waals surface area contributed by atoms with Crippen molar-refractivity contribution in [2.24, 2.45) is 0 Å². The summed E-state index contributed by atoms with van der Waals surface area (Å²) in [5, 5.41) is 3.97. The molecular formula is C4H10ClNTi. The van der Waals surface area contributed by atoms with Crippen molar-refractivity contribution < 1.29 is 19.4 Å². The molecule has 0 aliphatic carbocycles. The van der Waals surface area contributed by atoms with Crippen LogP contribution in [0.15, 0.2) is 0 Å². The van der Waals surface area contributed by atoms with Crippen LogP contribution >= 0.6 is 9.30 Å². The monoisotopic (exact) mass is 155 g/mol. The maximum absolute atomic E-state index is 4.64. The van der Waals surface area contributed by atoms with Gasteiger partial charge in [-0.05, 0) is 0 Å². The van der Waals surface area contributed by atoms with Gasteiger partial charge in [0.1, 0.15) is 0 Å².